The fourth-order valence-electron chi connectivity index (χ4n) is 2.29. The van der Waals surface area contributed by atoms with E-state index in [-0.39, 0.29) is 17.7 Å². The summed E-state index contributed by atoms with van der Waals surface area (Å²) >= 11 is 0. The number of carbonyl (C=O) groups excluding carboxylic acids is 2. The molecule has 0 fully saturated rings. The zero-order chi connectivity index (χ0) is 21.4. The first-order chi connectivity index (χ1) is 13.8. The number of rotatable bonds is 7. The highest BCUT2D eigenvalue weighted by atomic mass is 16.5. The molecule has 29 heavy (non-hydrogen) atoms. The molecule has 2 aromatic rings. The predicted molar refractivity (Wildman–Crippen MR) is 102 cm³/mol. The van der Waals surface area contributed by atoms with Crippen molar-refractivity contribution >= 4 is 24.0 Å². The van der Waals surface area contributed by atoms with Gasteiger partial charge in [0.15, 0.2) is 11.5 Å². The van der Waals surface area contributed by atoms with E-state index < -0.39 is 17.9 Å². The van der Waals surface area contributed by atoms with Crippen LogP contribution in [0.5, 0.6) is 11.5 Å². The first-order valence-electron chi connectivity index (χ1n) is 8.19. The Morgan fingerprint density at radius 3 is 2.41 bits per heavy atom. The van der Waals surface area contributed by atoms with Gasteiger partial charge in [-0.15, -0.1) is 0 Å². The third-order valence-corrected chi connectivity index (χ3v) is 3.70. The van der Waals surface area contributed by atoms with Crippen molar-refractivity contribution in [2.45, 2.75) is 6.61 Å². The van der Waals surface area contributed by atoms with Gasteiger partial charge in [-0.3, -0.25) is 10.1 Å². The third-order valence-electron chi connectivity index (χ3n) is 3.70. The molecule has 0 spiro atoms. The maximum Gasteiger partial charge on any atom is 0.335 e. The molecule has 0 atom stereocenters. The number of urea groups is 1. The second-order valence-electron chi connectivity index (χ2n) is 5.69. The van der Waals surface area contributed by atoms with Gasteiger partial charge in [0.1, 0.15) is 18.2 Å². The fraction of sp³-hybridized carbons (Fsp3) is 0.100. The summed E-state index contributed by atoms with van der Waals surface area (Å²) in [7, 11) is 1.43. The molecule has 0 saturated heterocycles. The number of nitrogens with two attached hydrogens (primary N) is 1. The van der Waals surface area contributed by atoms with Crippen LogP contribution < -0.4 is 20.5 Å². The fourth-order valence-corrected chi connectivity index (χ4v) is 2.29. The van der Waals surface area contributed by atoms with Crippen molar-refractivity contribution in [1.82, 2.24) is 5.32 Å². The molecule has 0 saturated carbocycles. The lowest BCUT2D eigenvalue weighted by atomic mass is 10.1. The summed E-state index contributed by atoms with van der Waals surface area (Å²) in [6.45, 7) is 0.176. The molecule has 0 radical (unpaired) electrons. The predicted octanol–water partition coefficient (Wildman–Crippen LogP) is 2.07. The average molecular weight is 395 g/mol. The Hall–Kier alpha value is -4.32. The number of imide groups is 1. The van der Waals surface area contributed by atoms with E-state index in [1.54, 1.807) is 36.4 Å². The van der Waals surface area contributed by atoms with Gasteiger partial charge in [-0.25, -0.2) is 9.59 Å². The van der Waals surface area contributed by atoms with E-state index in [4.69, 9.17) is 25.6 Å². The molecule has 0 heterocycles. The van der Waals surface area contributed by atoms with Crippen LogP contribution in [-0.2, 0) is 11.4 Å². The number of nitrogens with one attached hydrogen (secondary N) is 1. The van der Waals surface area contributed by atoms with Gasteiger partial charge < -0.3 is 20.3 Å². The SMILES string of the molecule is COc1cc(/C=C(/C#N)C(=O)NC(N)=O)ccc1OCc1ccc(C(=O)O)cc1. The molecule has 148 valence electrons. The highest BCUT2D eigenvalue weighted by Crippen LogP contribution is 2.29. The van der Waals surface area contributed by atoms with Crippen LogP contribution in [0.4, 0.5) is 4.79 Å². The van der Waals surface area contributed by atoms with Crippen LogP contribution >= 0.6 is 0 Å². The molecular weight excluding hydrogens is 378 g/mol. The number of carboxylic acids is 1. The molecule has 0 aromatic heterocycles. The highest BCUT2D eigenvalue weighted by Gasteiger charge is 2.12. The second-order valence-corrected chi connectivity index (χ2v) is 5.69. The Balaban J connectivity index is 2.16. The minimum Gasteiger partial charge on any atom is -0.493 e. The number of benzene rings is 2. The summed E-state index contributed by atoms with van der Waals surface area (Å²) in [5, 5.41) is 19.8. The molecule has 9 nitrogen and oxygen atoms in total. The number of nitriles is 1. The van der Waals surface area contributed by atoms with E-state index in [2.05, 4.69) is 0 Å². The quantitative estimate of drug-likeness (QED) is 0.479. The molecule has 9 heteroatoms. The molecule has 3 amide bonds. The number of methoxy groups -OCH3 is 1. The maximum absolute atomic E-state index is 11.7. The van der Waals surface area contributed by atoms with Crippen molar-refractivity contribution in [2.75, 3.05) is 7.11 Å². The van der Waals surface area contributed by atoms with Gasteiger partial charge in [-0.2, -0.15) is 5.26 Å². The number of hydrogen-bond donors (Lipinski definition) is 3. The van der Waals surface area contributed by atoms with Gasteiger partial charge in [0.2, 0.25) is 0 Å². The largest absolute Gasteiger partial charge is 0.493 e. The summed E-state index contributed by atoms with van der Waals surface area (Å²) in [5.74, 6) is -1.16. The lowest BCUT2D eigenvalue weighted by molar-refractivity contribution is -0.115. The molecule has 0 bridgehead atoms. The number of primary amides is 1. The maximum atomic E-state index is 11.7. The normalized spacial score (nSPS) is 10.6. The zero-order valence-corrected chi connectivity index (χ0v) is 15.3. The Kier molecular flexibility index (Phi) is 6.92. The summed E-state index contributed by atoms with van der Waals surface area (Å²) < 4.78 is 11.0. The van der Waals surface area contributed by atoms with Crippen LogP contribution in [0.3, 0.4) is 0 Å². The van der Waals surface area contributed by atoms with E-state index in [1.165, 1.54) is 25.3 Å². The van der Waals surface area contributed by atoms with E-state index in [0.717, 1.165) is 5.56 Å². The monoisotopic (exact) mass is 395 g/mol. The van der Waals surface area contributed by atoms with Crippen LogP contribution in [-0.4, -0.2) is 30.1 Å². The van der Waals surface area contributed by atoms with E-state index >= 15 is 0 Å². The lowest BCUT2D eigenvalue weighted by Crippen LogP contribution is -2.35. The molecular formula is C20H17N3O6. The second kappa shape index (κ2) is 9.57. The topological polar surface area (TPSA) is 152 Å². The highest BCUT2D eigenvalue weighted by molar-refractivity contribution is 6.08. The Morgan fingerprint density at radius 2 is 1.86 bits per heavy atom. The Labute approximate surface area is 166 Å². The first-order valence-corrected chi connectivity index (χ1v) is 8.19. The molecule has 0 unspecified atom stereocenters. The van der Waals surface area contributed by atoms with Gasteiger partial charge >= 0.3 is 12.0 Å². The molecule has 0 aliphatic heterocycles. The smallest absolute Gasteiger partial charge is 0.335 e. The van der Waals surface area contributed by atoms with Crippen molar-refractivity contribution in [3.05, 3.63) is 64.7 Å². The zero-order valence-electron chi connectivity index (χ0n) is 15.3. The standard InChI is InChI=1S/C20H17N3O6/c1-28-17-9-13(8-15(10-21)18(24)23-20(22)27)4-7-16(17)29-11-12-2-5-14(6-3-12)19(25)26/h2-9H,11H2,1H3,(H,25,26)(H3,22,23,24,27)/b15-8-. The summed E-state index contributed by atoms with van der Waals surface area (Å²) in [4.78, 5) is 33.4. The summed E-state index contributed by atoms with van der Waals surface area (Å²) in [5.41, 5.74) is 5.97. The van der Waals surface area contributed by atoms with Gasteiger partial charge in [-0.1, -0.05) is 18.2 Å². The van der Waals surface area contributed by atoms with Gasteiger partial charge in [0.25, 0.3) is 5.91 Å². The van der Waals surface area contributed by atoms with Gasteiger partial charge in [-0.05, 0) is 41.5 Å². The number of carbonyl (C=O) groups is 3. The number of carboxylic acid groups (broad SMARTS) is 1. The molecule has 2 aromatic carbocycles. The van der Waals surface area contributed by atoms with E-state index in [9.17, 15) is 14.4 Å². The minimum atomic E-state index is -1.06. The first kappa shape index (κ1) is 21.0. The number of nitrogens with zero attached hydrogens (tertiary/aromatic N) is 1. The van der Waals surface area contributed by atoms with Crippen LogP contribution in [0.1, 0.15) is 21.5 Å². The molecule has 0 aliphatic rings. The number of amides is 3. The van der Waals surface area contributed by atoms with Crippen molar-refractivity contribution in [3.8, 4) is 17.6 Å². The molecule has 2 rings (SSSR count). The van der Waals surface area contributed by atoms with E-state index in [0.29, 0.717) is 17.1 Å². The number of ether oxygens (including phenoxy) is 2. The molecule has 4 N–H and O–H groups in total. The van der Waals surface area contributed by atoms with Crippen LogP contribution in [0.2, 0.25) is 0 Å². The third kappa shape index (κ3) is 5.83. The van der Waals surface area contributed by atoms with Crippen molar-refractivity contribution in [2.24, 2.45) is 5.73 Å². The van der Waals surface area contributed by atoms with Crippen molar-refractivity contribution in [3.63, 3.8) is 0 Å². The van der Waals surface area contributed by atoms with Crippen LogP contribution in [0.15, 0.2) is 48.0 Å². The van der Waals surface area contributed by atoms with Gasteiger partial charge in [0.05, 0.1) is 12.7 Å². The lowest BCUT2D eigenvalue weighted by Gasteiger charge is -2.12. The molecule has 0 aliphatic carbocycles. The minimum absolute atomic E-state index is 0.176. The van der Waals surface area contributed by atoms with Crippen molar-refractivity contribution < 1.29 is 29.0 Å². The van der Waals surface area contributed by atoms with Crippen LogP contribution in [0, 0.1) is 11.3 Å². The Bertz CT molecular complexity index is 1010. The van der Waals surface area contributed by atoms with Gasteiger partial charge in [0, 0.05) is 0 Å². The Morgan fingerprint density at radius 1 is 1.17 bits per heavy atom. The number of aromatic carboxylic acids is 1. The van der Waals surface area contributed by atoms with Crippen LogP contribution in [0.25, 0.3) is 6.08 Å². The summed E-state index contributed by atoms with van der Waals surface area (Å²) in [6.07, 6.45) is 1.27. The average Bonchev–Trinajstić information content (AvgIpc) is 2.70. The number of hydrogen-bond acceptors (Lipinski definition) is 6. The summed E-state index contributed by atoms with van der Waals surface area (Å²) in [6, 6.07) is 11.6. The van der Waals surface area contributed by atoms with E-state index in [1.807, 2.05) is 5.32 Å². The van der Waals surface area contributed by atoms with Crippen molar-refractivity contribution in [1.29, 1.82) is 5.26 Å².